The van der Waals surface area contributed by atoms with Crippen molar-refractivity contribution in [1.82, 2.24) is 4.90 Å². The second kappa shape index (κ2) is 8.41. The van der Waals surface area contributed by atoms with E-state index in [1.54, 1.807) is 41.3 Å². The van der Waals surface area contributed by atoms with E-state index in [1.807, 2.05) is 0 Å². The fraction of sp³-hybridized carbons (Fsp3) is 0.409. The second-order valence-corrected chi connectivity index (χ2v) is 8.04. The molecule has 0 radical (unpaired) electrons. The predicted octanol–water partition coefficient (Wildman–Crippen LogP) is 4.43. The first-order chi connectivity index (χ1) is 14.1. The van der Waals surface area contributed by atoms with Crippen LogP contribution in [0, 0.1) is 0 Å². The Morgan fingerprint density at radius 3 is 2.34 bits per heavy atom. The highest BCUT2D eigenvalue weighted by molar-refractivity contribution is 6.31. The normalized spacial score (nSPS) is 20.7. The highest BCUT2D eigenvalue weighted by Gasteiger charge is 2.47. The molecule has 6 nitrogen and oxygen atoms in total. The Morgan fingerprint density at radius 2 is 1.72 bits per heavy atom. The first kappa shape index (κ1) is 19.7. The van der Waals surface area contributed by atoms with Crippen molar-refractivity contribution >= 4 is 35.0 Å². The molecule has 1 aliphatic carbocycles. The van der Waals surface area contributed by atoms with Gasteiger partial charge in [0.05, 0.1) is 18.4 Å². The van der Waals surface area contributed by atoms with E-state index in [0.717, 1.165) is 38.5 Å². The fourth-order valence-corrected chi connectivity index (χ4v) is 4.45. The van der Waals surface area contributed by atoms with Gasteiger partial charge >= 0.3 is 0 Å². The number of amides is 3. The van der Waals surface area contributed by atoms with Crippen LogP contribution in [-0.4, -0.2) is 34.7 Å². The molecule has 2 aromatic rings. The lowest BCUT2D eigenvalue weighted by atomic mass is 10.0. The van der Waals surface area contributed by atoms with Crippen LogP contribution in [0.15, 0.2) is 47.1 Å². The number of hydrogen-bond acceptors (Lipinski definition) is 4. The third-order valence-electron chi connectivity index (χ3n) is 5.73. The zero-order chi connectivity index (χ0) is 20.4. The molecule has 0 spiro atoms. The Kier molecular flexibility index (Phi) is 5.72. The summed E-state index contributed by atoms with van der Waals surface area (Å²) in [7, 11) is 0. The van der Waals surface area contributed by atoms with Crippen molar-refractivity contribution < 1.29 is 18.8 Å². The average Bonchev–Trinajstić information content (AvgIpc) is 3.25. The van der Waals surface area contributed by atoms with E-state index in [1.165, 1.54) is 11.2 Å². The van der Waals surface area contributed by atoms with Crippen LogP contribution in [0.2, 0.25) is 5.02 Å². The number of anilines is 1. The molecule has 0 bridgehead atoms. The van der Waals surface area contributed by atoms with Crippen LogP contribution in [-0.2, 0) is 9.59 Å². The Bertz CT molecular complexity index is 886. The minimum atomic E-state index is -0.820. The molecule has 29 heavy (non-hydrogen) atoms. The Morgan fingerprint density at radius 1 is 1.03 bits per heavy atom. The molecule has 4 rings (SSSR count). The first-order valence-electron chi connectivity index (χ1n) is 10.0. The third-order valence-corrected chi connectivity index (χ3v) is 5.98. The molecule has 1 aromatic carbocycles. The van der Waals surface area contributed by atoms with Gasteiger partial charge in [-0.15, -0.1) is 0 Å². The number of carbonyl (C=O) groups is 3. The molecule has 1 aliphatic heterocycles. The highest BCUT2D eigenvalue weighted by Crippen LogP contribution is 2.32. The number of halogens is 1. The van der Waals surface area contributed by atoms with Crippen LogP contribution in [0.5, 0.6) is 0 Å². The van der Waals surface area contributed by atoms with Gasteiger partial charge in [-0.2, -0.15) is 0 Å². The van der Waals surface area contributed by atoms with E-state index < -0.39 is 6.04 Å². The number of furan rings is 1. The summed E-state index contributed by atoms with van der Waals surface area (Å²) in [6, 6.07) is 8.92. The molecule has 2 fully saturated rings. The van der Waals surface area contributed by atoms with Crippen molar-refractivity contribution in [3.63, 3.8) is 0 Å². The summed E-state index contributed by atoms with van der Waals surface area (Å²) >= 11 is 5.93. The average molecular weight is 415 g/mol. The number of carbonyl (C=O) groups excluding carboxylic acids is 3. The van der Waals surface area contributed by atoms with Gasteiger partial charge in [0.15, 0.2) is 5.76 Å². The molecule has 7 heteroatoms. The standard InChI is InChI=1S/C22H23ClN2O4/c23-15-9-11-17(12-10-15)25-20(26)14-18(21(25)27)24(16-6-3-1-2-4-7-16)22(28)19-8-5-13-29-19/h5,8-13,16,18H,1-4,6-7,14H2. The molecular formula is C22H23ClN2O4. The first-order valence-corrected chi connectivity index (χ1v) is 10.4. The van der Waals surface area contributed by atoms with Crippen LogP contribution >= 0.6 is 11.6 Å². The molecular weight excluding hydrogens is 392 g/mol. The highest BCUT2D eigenvalue weighted by atomic mass is 35.5. The lowest BCUT2D eigenvalue weighted by Crippen LogP contribution is -2.50. The Labute approximate surface area is 174 Å². The Balaban J connectivity index is 1.66. The number of imide groups is 1. The fourth-order valence-electron chi connectivity index (χ4n) is 4.32. The summed E-state index contributed by atoms with van der Waals surface area (Å²) < 4.78 is 5.33. The number of rotatable bonds is 4. The largest absolute Gasteiger partial charge is 0.459 e. The maximum atomic E-state index is 13.3. The molecule has 1 unspecified atom stereocenters. The van der Waals surface area contributed by atoms with E-state index in [9.17, 15) is 14.4 Å². The molecule has 3 amide bonds. The molecule has 0 N–H and O–H groups in total. The van der Waals surface area contributed by atoms with Gasteiger partial charge < -0.3 is 9.32 Å². The van der Waals surface area contributed by atoms with Crippen molar-refractivity contribution in [3.05, 3.63) is 53.4 Å². The molecule has 1 saturated carbocycles. The predicted molar refractivity (Wildman–Crippen MR) is 109 cm³/mol. The molecule has 1 atom stereocenters. The summed E-state index contributed by atoms with van der Waals surface area (Å²) in [5.41, 5.74) is 0.471. The summed E-state index contributed by atoms with van der Waals surface area (Å²) in [4.78, 5) is 42.1. The van der Waals surface area contributed by atoms with Crippen molar-refractivity contribution in [2.45, 2.75) is 57.0 Å². The van der Waals surface area contributed by atoms with E-state index in [4.69, 9.17) is 16.0 Å². The maximum Gasteiger partial charge on any atom is 0.290 e. The van der Waals surface area contributed by atoms with Crippen LogP contribution in [0.3, 0.4) is 0 Å². The van der Waals surface area contributed by atoms with Gasteiger partial charge in [-0.05, 0) is 49.2 Å². The van der Waals surface area contributed by atoms with Gasteiger partial charge in [0.1, 0.15) is 6.04 Å². The molecule has 2 aliphatic rings. The summed E-state index contributed by atoms with van der Waals surface area (Å²) in [6.45, 7) is 0. The van der Waals surface area contributed by atoms with E-state index in [0.29, 0.717) is 10.7 Å². The number of nitrogens with zero attached hydrogens (tertiary/aromatic N) is 2. The molecule has 152 valence electrons. The number of benzene rings is 1. The zero-order valence-corrected chi connectivity index (χ0v) is 16.8. The molecule has 1 saturated heterocycles. The maximum absolute atomic E-state index is 13.3. The van der Waals surface area contributed by atoms with E-state index in [2.05, 4.69) is 0 Å². The monoisotopic (exact) mass is 414 g/mol. The summed E-state index contributed by atoms with van der Waals surface area (Å²) in [5, 5.41) is 0.525. The topological polar surface area (TPSA) is 70.8 Å². The summed E-state index contributed by atoms with van der Waals surface area (Å²) in [5.74, 6) is -0.819. The van der Waals surface area contributed by atoms with Gasteiger partial charge in [0.25, 0.3) is 11.8 Å². The lowest BCUT2D eigenvalue weighted by Gasteiger charge is -2.34. The van der Waals surface area contributed by atoms with Crippen molar-refractivity contribution in [1.29, 1.82) is 0 Å². The molecule has 1 aromatic heterocycles. The minimum Gasteiger partial charge on any atom is -0.459 e. The van der Waals surface area contributed by atoms with Crippen LogP contribution in [0.25, 0.3) is 0 Å². The van der Waals surface area contributed by atoms with Crippen LogP contribution in [0.4, 0.5) is 5.69 Å². The van der Waals surface area contributed by atoms with Crippen LogP contribution < -0.4 is 4.90 Å². The van der Waals surface area contributed by atoms with Crippen molar-refractivity contribution in [2.24, 2.45) is 0 Å². The van der Waals surface area contributed by atoms with Gasteiger partial charge in [-0.3, -0.25) is 14.4 Å². The van der Waals surface area contributed by atoms with Crippen molar-refractivity contribution in [3.8, 4) is 0 Å². The lowest BCUT2D eigenvalue weighted by molar-refractivity contribution is -0.123. The van der Waals surface area contributed by atoms with E-state index >= 15 is 0 Å². The van der Waals surface area contributed by atoms with Gasteiger partial charge in [0.2, 0.25) is 5.91 Å². The third kappa shape index (κ3) is 3.94. The number of hydrogen-bond donors (Lipinski definition) is 0. The smallest absolute Gasteiger partial charge is 0.290 e. The van der Waals surface area contributed by atoms with Crippen molar-refractivity contribution in [2.75, 3.05) is 4.90 Å². The zero-order valence-electron chi connectivity index (χ0n) is 16.1. The van der Waals surface area contributed by atoms with Gasteiger partial charge in [-0.1, -0.05) is 37.3 Å². The quantitative estimate of drug-likeness (QED) is 0.548. The minimum absolute atomic E-state index is 0.0234. The summed E-state index contributed by atoms with van der Waals surface area (Å²) in [6.07, 6.45) is 7.31. The van der Waals surface area contributed by atoms with Crippen LogP contribution in [0.1, 0.15) is 55.5 Å². The van der Waals surface area contributed by atoms with Gasteiger partial charge in [0, 0.05) is 11.1 Å². The molecule has 2 heterocycles. The Hall–Kier alpha value is -2.60. The SMILES string of the molecule is O=C1CC(N(C(=O)c2ccco2)C2CCCCCC2)C(=O)N1c1ccc(Cl)cc1. The van der Waals surface area contributed by atoms with E-state index in [-0.39, 0.29) is 35.9 Å². The second-order valence-electron chi connectivity index (χ2n) is 7.60. The van der Waals surface area contributed by atoms with Gasteiger partial charge in [-0.25, -0.2) is 4.90 Å².